The summed E-state index contributed by atoms with van der Waals surface area (Å²) in [6.45, 7) is 6.54. The number of carbonyl (C=O) groups excluding carboxylic acids is 1. The number of rotatable bonds is 4. The van der Waals surface area contributed by atoms with Crippen LogP contribution in [0.25, 0.3) is 0 Å². The van der Waals surface area contributed by atoms with Crippen molar-refractivity contribution in [3.8, 4) is 6.07 Å². The Labute approximate surface area is 105 Å². The highest BCUT2D eigenvalue weighted by atomic mass is 16.2. The smallest absolute Gasteiger partial charge is 0.240 e. The Kier molecular flexibility index (Phi) is 4.56. The van der Waals surface area contributed by atoms with E-state index < -0.39 is 5.41 Å². The predicted octanol–water partition coefficient (Wildman–Crippen LogP) is 3.01. The normalized spacial score (nSPS) is 22.2. The molecule has 0 heterocycles. The van der Waals surface area contributed by atoms with Gasteiger partial charge in [0.25, 0.3) is 0 Å². The lowest BCUT2D eigenvalue weighted by Gasteiger charge is -2.34. The molecule has 0 aromatic heterocycles. The van der Waals surface area contributed by atoms with Crippen molar-refractivity contribution < 1.29 is 4.79 Å². The fourth-order valence-corrected chi connectivity index (χ4v) is 2.36. The third kappa shape index (κ3) is 3.46. The Bertz CT molecular complexity index is 313. The molecule has 1 saturated carbocycles. The topological polar surface area (TPSA) is 52.9 Å². The molecule has 1 fully saturated rings. The van der Waals surface area contributed by atoms with E-state index in [-0.39, 0.29) is 11.3 Å². The van der Waals surface area contributed by atoms with Crippen LogP contribution in [-0.4, -0.2) is 12.5 Å². The molecule has 1 N–H and O–H groups in total. The zero-order valence-corrected chi connectivity index (χ0v) is 11.3. The lowest BCUT2D eigenvalue weighted by atomic mass is 9.75. The SMILES string of the molecule is CCC(C)(C#N)C(=O)NCC1(C)CCCCC1. The number of hydrogen-bond donors (Lipinski definition) is 1. The summed E-state index contributed by atoms with van der Waals surface area (Å²) < 4.78 is 0. The quantitative estimate of drug-likeness (QED) is 0.815. The first-order valence-corrected chi connectivity index (χ1v) is 6.65. The van der Waals surface area contributed by atoms with Crippen molar-refractivity contribution in [2.45, 2.75) is 59.3 Å². The molecule has 0 saturated heterocycles. The van der Waals surface area contributed by atoms with Crippen molar-refractivity contribution in [3.63, 3.8) is 0 Å². The van der Waals surface area contributed by atoms with Gasteiger partial charge in [-0.15, -0.1) is 0 Å². The van der Waals surface area contributed by atoms with E-state index >= 15 is 0 Å². The highest BCUT2D eigenvalue weighted by Gasteiger charge is 2.33. The van der Waals surface area contributed by atoms with Crippen LogP contribution in [0.1, 0.15) is 59.3 Å². The van der Waals surface area contributed by atoms with E-state index in [0.717, 1.165) is 0 Å². The Hall–Kier alpha value is -1.04. The van der Waals surface area contributed by atoms with Crippen LogP contribution in [0.15, 0.2) is 0 Å². The van der Waals surface area contributed by atoms with E-state index in [4.69, 9.17) is 5.26 Å². The van der Waals surface area contributed by atoms with E-state index in [1.807, 2.05) is 6.92 Å². The van der Waals surface area contributed by atoms with Crippen LogP contribution in [0, 0.1) is 22.2 Å². The van der Waals surface area contributed by atoms with Crippen molar-refractivity contribution in [1.29, 1.82) is 5.26 Å². The highest BCUT2D eigenvalue weighted by Crippen LogP contribution is 2.35. The molecule has 1 rings (SSSR count). The summed E-state index contributed by atoms with van der Waals surface area (Å²) in [5, 5.41) is 12.0. The second kappa shape index (κ2) is 5.53. The minimum Gasteiger partial charge on any atom is -0.354 e. The van der Waals surface area contributed by atoms with Gasteiger partial charge in [0.2, 0.25) is 5.91 Å². The molecule has 0 radical (unpaired) electrons. The van der Waals surface area contributed by atoms with Gasteiger partial charge >= 0.3 is 0 Å². The van der Waals surface area contributed by atoms with Crippen molar-refractivity contribution in [1.82, 2.24) is 5.32 Å². The van der Waals surface area contributed by atoms with Crippen LogP contribution in [0.2, 0.25) is 0 Å². The zero-order valence-electron chi connectivity index (χ0n) is 11.3. The molecule has 0 spiro atoms. The molecule has 17 heavy (non-hydrogen) atoms. The summed E-state index contributed by atoms with van der Waals surface area (Å²) in [7, 11) is 0. The van der Waals surface area contributed by atoms with Gasteiger partial charge in [-0.1, -0.05) is 33.1 Å². The molecule has 3 heteroatoms. The minimum atomic E-state index is -0.870. The first-order chi connectivity index (χ1) is 7.96. The number of hydrogen-bond acceptors (Lipinski definition) is 2. The summed E-state index contributed by atoms with van der Waals surface area (Å²) in [6.07, 6.45) is 6.76. The number of nitrogens with zero attached hydrogens (tertiary/aromatic N) is 1. The van der Waals surface area contributed by atoms with Gasteiger partial charge in [0, 0.05) is 6.54 Å². The molecule has 1 atom stereocenters. The number of amides is 1. The number of carbonyl (C=O) groups is 1. The van der Waals surface area contributed by atoms with Crippen LogP contribution in [0.3, 0.4) is 0 Å². The Morgan fingerprint density at radius 2 is 2.00 bits per heavy atom. The second-order valence-electron chi connectivity index (χ2n) is 5.85. The average Bonchev–Trinajstić information content (AvgIpc) is 2.36. The molecular weight excluding hydrogens is 212 g/mol. The van der Waals surface area contributed by atoms with Crippen LogP contribution >= 0.6 is 0 Å². The van der Waals surface area contributed by atoms with Gasteiger partial charge in [-0.25, -0.2) is 0 Å². The first kappa shape index (κ1) is 14.0. The van der Waals surface area contributed by atoms with E-state index in [0.29, 0.717) is 13.0 Å². The van der Waals surface area contributed by atoms with Crippen LogP contribution in [0.5, 0.6) is 0 Å². The van der Waals surface area contributed by atoms with Crippen molar-refractivity contribution in [3.05, 3.63) is 0 Å². The standard InChI is InChI=1S/C14H24N2O/c1-4-14(3,10-15)12(17)16-11-13(2)8-6-5-7-9-13/h4-9,11H2,1-3H3,(H,16,17). The minimum absolute atomic E-state index is 0.116. The van der Waals surface area contributed by atoms with Crippen LogP contribution in [-0.2, 0) is 4.79 Å². The average molecular weight is 236 g/mol. The second-order valence-corrected chi connectivity index (χ2v) is 5.85. The largest absolute Gasteiger partial charge is 0.354 e. The van der Waals surface area contributed by atoms with Gasteiger partial charge in [-0.3, -0.25) is 4.79 Å². The van der Waals surface area contributed by atoms with Crippen molar-refractivity contribution in [2.75, 3.05) is 6.54 Å². The Balaban J connectivity index is 2.50. The third-order valence-corrected chi connectivity index (χ3v) is 4.19. The highest BCUT2D eigenvalue weighted by molar-refractivity contribution is 5.84. The molecule has 96 valence electrons. The summed E-state index contributed by atoms with van der Waals surface area (Å²) in [5.74, 6) is -0.116. The van der Waals surface area contributed by atoms with Crippen LogP contribution < -0.4 is 5.32 Å². The maximum absolute atomic E-state index is 12.0. The predicted molar refractivity (Wildman–Crippen MR) is 68.2 cm³/mol. The molecular formula is C14H24N2O. The Morgan fingerprint density at radius 1 is 1.41 bits per heavy atom. The molecule has 0 aromatic carbocycles. The lowest BCUT2D eigenvalue weighted by molar-refractivity contribution is -0.128. The van der Waals surface area contributed by atoms with E-state index in [2.05, 4.69) is 18.3 Å². The maximum Gasteiger partial charge on any atom is 0.240 e. The third-order valence-electron chi connectivity index (χ3n) is 4.19. The fraction of sp³-hybridized carbons (Fsp3) is 0.857. The summed E-state index contributed by atoms with van der Waals surface area (Å²) >= 11 is 0. The van der Waals surface area contributed by atoms with Gasteiger partial charge < -0.3 is 5.32 Å². The monoisotopic (exact) mass is 236 g/mol. The van der Waals surface area contributed by atoms with Gasteiger partial charge in [0.1, 0.15) is 5.41 Å². The lowest BCUT2D eigenvalue weighted by Crippen LogP contribution is -2.43. The summed E-state index contributed by atoms with van der Waals surface area (Å²) in [4.78, 5) is 12.0. The molecule has 1 aliphatic carbocycles. The van der Waals surface area contributed by atoms with Crippen molar-refractivity contribution in [2.24, 2.45) is 10.8 Å². The first-order valence-electron chi connectivity index (χ1n) is 6.65. The van der Waals surface area contributed by atoms with Gasteiger partial charge in [0.15, 0.2) is 0 Å². The van der Waals surface area contributed by atoms with E-state index in [1.165, 1.54) is 32.1 Å². The molecule has 0 bridgehead atoms. The number of nitriles is 1. The molecule has 0 aromatic rings. The van der Waals surface area contributed by atoms with Gasteiger partial charge in [0.05, 0.1) is 6.07 Å². The van der Waals surface area contributed by atoms with Gasteiger partial charge in [-0.2, -0.15) is 5.26 Å². The fourth-order valence-electron chi connectivity index (χ4n) is 2.36. The van der Waals surface area contributed by atoms with Crippen molar-refractivity contribution >= 4 is 5.91 Å². The zero-order chi connectivity index (χ0) is 12.9. The summed E-state index contributed by atoms with van der Waals surface area (Å²) in [5.41, 5.74) is -0.636. The van der Waals surface area contributed by atoms with E-state index in [9.17, 15) is 4.79 Å². The molecule has 1 amide bonds. The summed E-state index contributed by atoms with van der Waals surface area (Å²) in [6, 6.07) is 2.12. The Morgan fingerprint density at radius 3 is 2.47 bits per heavy atom. The number of nitrogens with one attached hydrogen (secondary N) is 1. The molecule has 3 nitrogen and oxygen atoms in total. The molecule has 1 aliphatic rings. The molecule has 1 unspecified atom stereocenters. The van der Waals surface area contributed by atoms with E-state index in [1.54, 1.807) is 6.92 Å². The van der Waals surface area contributed by atoms with Crippen LogP contribution in [0.4, 0.5) is 0 Å². The molecule has 0 aliphatic heterocycles. The van der Waals surface area contributed by atoms with Gasteiger partial charge in [-0.05, 0) is 31.6 Å². The maximum atomic E-state index is 12.0.